The summed E-state index contributed by atoms with van der Waals surface area (Å²) in [4.78, 5) is 20.0. The maximum absolute atomic E-state index is 13.6. The second kappa shape index (κ2) is 11.6. The molecule has 0 aliphatic carbocycles. The van der Waals surface area contributed by atoms with Crippen LogP contribution in [-0.4, -0.2) is 29.5 Å². The van der Waals surface area contributed by atoms with Crippen molar-refractivity contribution in [1.82, 2.24) is 15.3 Å². The van der Waals surface area contributed by atoms with Gasteiger partial charge in [0.2, 0.25) is 5.95 Å². The highest BCUT2D eigenvalue weighted by molar-refractivity contribution is 9.10. The van der Waals surface area contributed by atoms with Crippen LogP contribution in [0.5, 0.6) is 0 Å². The Morgan fingerprint density at radius 3 is 2.59 bits per heavy atom. The third-order valence-corrected chi connectivity index (χ3v) is 6.25. The second-order valence-electron chi connectivity index (χ2n) is 6.90. The van der Waals surface area contributed by atoms with Gasteiger partial charge in [-0.1, -0.05) is 18.2 Å². The van der Waals surface area contributed by atoms with Crippen LogP contribution in [0.25, 0.3) is 0 Å². The number of benzene rings is 2. The van der Waals surface area contributed by atoms with E-state index in [0.29, 0.717) is 31.8 Å². The van der Waals surface area contributed by atoms with Crippen molar-refractivity contribution in [3.05, 3.63) is 69.8 Å². The molecule has 180 valence electrons. The van der Waals surface area contributed by atoms with Crippen molar-refractivity contribution >= 4 is 53.8 Å². The number of halogens is 4. The van der Waals surface area contributed by atoms with Crippen LogP contribution in [0.4, 0.5) is 36.3 Å². The number of aromatic nitrogens is 2. The van der Waals surface area contributed by atoms with Gasteiger partial charge in [-0.05, 0) is 52.7 Å². The fourth-order valence-electron chi connectivity index (χ4n) is 2.92. The van der Waals surface area contributed by atoms with Crippen LogP contribution in [-0.2, 0) is 16.9 Å². The standard InChI is InChI=1S/C22H22BrF3N5O2P/c1-3-33-34-12-13-8-9-18(16(23)10-13)30-21-28-11-15(22(24,25)26)19(31-21)29-17-7-5-4-6-14(17)20(32)27-2/h4-11,34H,3,12H2,1-2H3,(H,27,32)(H2,28,29,30,31). The van der Waals surface area contributed by atoms with Crippen molar-refractivity contribution in [2.24, 2.45) is 0 Å². The number of carbonyl (C=O) groups excluding carboxylic acids is 1. The minimum absolute atomic E-state index is 0.0439. The molecule has 1 amide bonds. The first-order chi connectivity index (χ1) is 16.2. The van der Waals surface area contributed by atoms with Crippen molar-refractivity contribution in [2.45, 2.75) is 19.3 Å². The largest absolute Gasteiger partial charge is 0.421 e. The van der Waals surface area contributed by atoms with Gasteiger partial charge in [0.1, 0.15) is 11.4 Å². The molecule has 0 radical (unpaired) electrons. The highest BCUT2D eigenvalue weighted by Crippen LogP contribution is 2.36. The maximum Gasteiger partial charge on any atom is 0.421 e. The number of para-hydroxylation sites is 1. The van der Waals surface area contributed by atoms with Crippen molar-refractivity contribution in [2.75, 3.05) is 24.3 Å². The van der Waals surface area contributed by atoms with E-state index in [4.69, 9.17) is 4.52 Å². The van der Waals surface area contributed by atoms with E-state index in [9.17, 15) is 18.0 Å². The number of carbonyl (C=O) groups is 1. The Morgan fingerprint density at radius 2 is 1.91 bits per heavy atom. The molecule has 2 aromatic carbocycles. The van der Waals surface area contributed by atoms with E-state index in [1.165, 1.54) is 19.2 Å². The van der Waals surface area contributed by atoms with E-state index in [1.54, 1.807) is 18.2 Å². The number of anilines is 4. The smallest absolute Gasteiger partial charge is 0.362 e. The summed E-state index contributed by atoms with van der Waals surface area (Å²) in [7, 11) is 1.78. The molecule has 1 aromatic heterocycles. The highest BCUT2D eigenvalue weighted by atomic mass is 79.9. The van der Waals surface area contributed by atoms with Crippen LogP contribution in [0.1, 0.15) is 28.4 Å². The van der Waals surface area contributed by atoms with Crippen LogP contribution in [0, 0.1) is 0 Å². The summed E-state index contributed by atoms with van der Waals surface area (Å²) < 4.78 is 47.0. The van der Waals surface area contributed by atoms with Crippen LogP contribution in [0.3, 0.4) is 0 Å². The van der Waals surface area contributed by atoms with Crippen LogP contribution in [0.15, 0.2) is 53.1 Å². The minimum atomic E-state index is -4.70. The first-order valence-electron chi connectivity index (χ1n) is 10.2. The average molecular weight is 556 g/mol. The molecule has 0 aliphatic rings. The number of amides is 1. The van der Waals surface area contributed by atoms with Crippen molar-refractivity contribution in [1.29, 1.82) is 0 Å². The van der Waals surface area contributed by atoms with Crippen LogP contribution in [0.2, 0.25) is 0 Å². The summed E-state index contributed by atoms with van der Waals surface area (Å²) in [6.45, 7) is 2.58. The summed E-state index contributed by atoms with van der Waals surface area (Å²) in [6.07, 6.45) is -3.25. The molecule has 0 aliphatic heterocycles. The van der Waals surface area contributed by atoms with Gasteiger partial charge in [0, 0.05) is 39.3 Å². The Balaban J connectivity index is 1.91. The van der Waals surface area contributed by atoms with Crippen LogP contribution >= 0.6 is 24.7 Å². The lowest BCUT2D eigenvalue weighted by Crippen LogP contribution is -2.20. The third kappa shape index (κ3) is 6.65. The van der Waals surface area contributed by atoms with Gasteiger partial charge in [0.15, 0.2) is 0 Å². The fourth-order valence-corrected chi connectivity index (χ4v) is 4.14. The van der Waals surface area contributed by atoms with E-state index < -0.39 is 23.5 Å². The molecule has 0 fully saturated rings. The van der Waals surface area contributed by atoms with Gasteiger partial charge in [-0.3, -0.25) is 4.79 Å². The molecule has 7 nitrogen and oxygen atoms in total. The maximum atomic E-state index is 13.6. The zero-order valence-electron chi connectivity index (χ0n) is 18.3. The molecule has 3 rings (SSSR count). The molecular weight excluding hydrogens is 534 g/mol. The normalized spacial score (nSPS) is 11.6. The van der Waals surface area contributed by atoms with E-state index in [1.807, 2.05) is 19.1 Å². The molecule has 0 spiro atoms. The predicted octanol–water partition coefficient (Wildman–Crippen LogP) is 6.23. The first kappa shape index (κ1) is 25.9. The number of alkyl halides is 3. The first-order valence-corrected chi connectivity index (χ1v) is 12.1. The molecule has 1 atom stereocenters. The van der Waals surface area contributed by atoms with Crippen molar-refractivity contribution in [3.63, 3.8) is 0 Å². The highest BCUT2D eigenvalue weighted by Gasteiger charge is 2.35. The second-order valence-corrected chi connectivity index (χ2v) is 8.68. The zero-order chi connectivity index (χ0) is 24.7. The summed E-state index contributed by atoms with van der Waals surface area (Å²) in [6, 6.07) is 11.8. The topological polar surface area (TPSA) is 88.2 Å². The van der Waals surface area contributed by atoms with E-state index in [0.717, 1.165) is 11.7 Å². The zero-order valence-corrected chi connectivity index (χ0v) is 20.8. The number of hydrogen-bond donors (Lipinski definition) is 3. The van der Waals surface area contributed by atoms with Crippen LogP contribution < -0.4 is 16.0 Å². The van der Waals surface area contributed by atoms with Gasteiger partial charge in [-0.2, -0.15) is 18.2 Å². The van der Waals surface area contributed by atoms with Gasteiger partial charge in [0.05, 0.1) is 16.9 Å². The monoisotopic (exact) mass is 555 g/mol. The summed E-state index contributed by atoms with van der Waals surface area (Å²) in [5.74, 6) is -0.970. The Hall–Kier alpha value is -2.75. The van der Waals surface area contributed by atoms with Gasteiger partial charge in [-0.25, -0.2) is 4.98 Å². The third-order valence-electron chi connectivity index (χ3n) is 4.55. The van der Waals surface area contributed by atoms with E-state index in [-0.39, 0.29) is 17.2 Å². The Kier molecular flexibility index (Phi) is 8.82. The molecule has 3 aromatic rings. The summed E-state index contributed by atoms with van der Waals surface area (Å²) in [5.41, 5.74) is 0.928. The summed E-state index contributed by atoms with van der Waals surface area (Å²) in [5, 5.41) is 8.04. The molecule has 34 heavy (non-hydrogen) atoms. The molecular formula is C22H22BrF3N5O2P. The van der Waals surface area contributed by atoms with E-state index >= 15 is 0 Å². The molecule has 0 bridgehead atoms. The predicted molar refractivity (Wildman–Crippen MR) is 131 cm³/mol. The Bertz CT molecular complexity index is 1160. The molecule has 0 saturated heterocycles. The van der Waals surface area contributed by atoms with E-state index in [2.05, 4.69) is 41.8 Å². The van der Waals surface area contributed by atoms with Crippen molar-refractivity contribution in [3.8, 4) is 0 Å². The molecule has 12 heteroatoms. The molecule has 1 unspecified atom stereocenters. The van der Waals surface area contributed by atoms with Gasteiger partial charge < -0.3 is 20.5 Å². The molecule has 1 heterocycles. The quantitative estimate of drug-likeness (QED) is 0.214. The number of nitrogens with zero attached hydrogens (tertiary/aromatic N) is 2. The Morgan fingerprint density at radius 1 is 1.15 bits per heavy atom. The number of hydrogen-bond acceptors (Lipinski definition) is 6. The lowest BCUT2D eigenvalue weighted by atomic mass is 10.1. The molecule has 3 N–H and O–H groups in total. The summed E-state index contributed by atoms with van der Waals surface area (Å²) >= 11 is 3.47. The van der Waals surface area contributed by atoms with Gasteiger partial charge in [0.25, 0.3) is 5.91 Å². The number of rotatable bonds is 9. The Labute approximate surface area is 204 Å². The SMILES string of the molecule is CCOPCc1ccc(Nc2ncc(C(F)(F)F)c(Nc3ccccc3C(=O)NC)n2)c(Br)c1. The lowest BCUT2D eigenvalue weighted by molar-refractivity contribution is -0.137. The molecule has 0 saturated carbocycles. The fraction of sp³-hybridized carbons (Fsp3) is 0.227. The lowest BCUT2D eigenvalue weighted by Gasteiger charge is -2.17. The van der Waals surface area contributed by atoms with Crippen molar-refractivity contribution < 1.29 is 22.5 Å². The average Bonchev–Trinajstić information content (AvgIpc) is 2.80. The van der Waals surface area contributed by atoms with Gasteiger partial charge in [-0.15, -0.1) is 0 Å². The number of nitrogens with one attached hydrogen (secondary N) is 3. The van der Waals surface area contributed by atoms with Gasteiger partial charge >= 0.3 is 6.18 Å². The minimum Gasteiger partial charge on any atom is -0.362 e.